The first-order chi connectivity index (χ1) is 11.0. The van der Waals surface area contributed by atoms with Crippen molar-refractivity contribution in [2.24, 2.45) is 0 Å². The molecule has 0 spiro atoms. The molecule has 0 amide bonds. The molecule has 3 rings (SSSR count). The van der Waals surface area contributed by atoms with Crippen LogP contribution in [0, 0.1) is 0 Å². The van der Waals surface area contributed by atoms with E-state index in [9.17, 15) is 13.2 Å². The lowest BCUT2D eigenvalue weighted by molar-refractivity contribution is -0.137. The Hall–Kier alpha value is -2.31. The molecule has 0 radical (unpaired) electrons. The van der Waals surface area contributed by atoms with E-state index in [1.54, 1.807) is 6.20 Å². The number of pyridine rings is 2. The van der Waals surface area contributed by atoms with Gasteiger partial charge in [0.2, 0.25) is 0 Å². The van der Waals surface area contributed by atoms with Crippen LogP contribution >= 0.6 is 0 Å². The summed E-state index contributed by atoms with van der Waals surface area (Å²) in [5.74, 6) is 0.816. The molecule has 1 N–H and O–H groups in total. The smallest absolute Gasteiger partial charge is 0.367 e. The third kappa shape index (κ3) is 3.72. The van der Waals surface area contributed by atoms with Gasteiger partial charge in [-0.3, -0.25) is 0 Å². The largest absolute Gasteiger partial charge is 0.419 e. The van der Waals surface area contributed by atoms with Gasteiger partial charge in [0, 0.05) is 31.5 Å². The number of anilines is 2. The third-order valence-electron chi connectivity index (χ3n) is 3.92. The highest BCUT2D eigenvalue weighted by Crippen LogP contribution is 2.34. The molecule has 4 nitrogen and oxygen atoms in total. The van der Waals surface area contributed by atoms with Crippen LogP contribution in [0.4, 0.5) is 24.8 Å². The van der Waals surface area contributed by atoms with E-state index in [-0.39, 0.29) is 11.9 Å². The maximum Gasteiger partial charge on any atom is 0.419 e. The summed E-state index contributed by atoms with van der Waals surface area (Å²) in [6.07, 6.45) is 0.198. The van der Waals surface area contributed by atoms with Gasteiger partial charge in [0.15, 0.2) is 0 Å². The Morgan fingerprint density at radius 2 is 1.74 bits per heavy atom. The number of halogens is 3. The topological polar surface area (TPSA) is 41.1 Å². The van der Waals surface area contributed by atoms with Crippen molar-refractivity contribution in [3.05, 3.63) is 48.3 Å². The summed E-state index contributed by atoms with van der Waals surface area (Å²) >= 11 is 0. The van der Waals surface area contributed by atoms with Crippen LogP contribution in [0.5, 0.6) is 0 Å². The number of hydrogen-bond donors (Lipinski definition) is 1. The van der Waals surface area contributed by atoms with Gasteiger partial charge in [0.1, 0.15) is 11.6 Å². The summed E-state index contributed by atoms with van der Waals surface area (Å²) < 4.78 is 39.0. The predicted octanol–water partition coefficient (Wildman–Crippen LogP) is 3.58. The number of nitrogens with zero attached hydrogens (tertiary/aromatic N) is 3. The molecule has 0 bridgehead atoms. The van der Waals surface area contributed by atoms with Gasteiger partial charge in [-0.1, -0.05) is 6.07 Å². The molecule has 0 aliphatic carbocycles. The number of aromatic nitrogens is 2. The van der Waals surface area contributed by atoms with Crippen LogP contribution in [0.15, 0.2) is 42.7 Å². The first kappa shape index (κ1) is 15.6. The number of rotatable bonds is 3. The SMILES string of the molecule is FC(F)(F)c1cccnc1NC1CCN(c2ccccn2)CC1. The number of nitrogens with one attached hydrogen (secondary N) is 1. The van der Waals surface area contributed by atoms with Gasteiger partial charge in [-0.2, -0.15) is 13.2 Å². The maximum atomic E-state index is 13.0. The van der Waals surface area contributed by atoms with E-state index in [4.69, 9.17) is 0 Å². The number of piperidine rings is 1. The average molecular weight is 322 g/mol. The predicted molar refractivity (Wildman–Crippen MR) is 82.3 cm³/mol. The van der Waals surface area contributed by atoms with Crippen molar-refractivity contribution in [1.29, 1.82) is 0 Å². The summed E-state index contributed by atoms with van der Waals surface area (Å²) in [7, 11) is 0. The van der Waals surface area contributed by atoms with Crippen LogP contribution in [0.3, 0.4) is 0 Å². The standard InChI is InChI=1S/C16H17F3N4/c17-16(18,19)13-4-3-9-21-15(13)22-12-6-10-23(11-7-12)14-5-1-2-8-20-14/h1-5,8-9,12H,6-7,10-11H2,(H,21,22). The van der Waals surface area contributed by atoms with Crippen LogP contribution in [-0.4, -0.2) is 29.1 Å². The molecule has 0 atom stereocenters. The number of alkyl halides is 3. The quantitative estimate of drug-likeness (QED) is 0.938. The fourth-order valence-corrected chi connectivity index (χ4v) is 2.74. The van der Waals surface area contributed by atoms with Gasteiger partial charge in [-0.05, 0) is 37.1 Å². The molecule has 7 heteroatoms. The highest BCUT2D eigenvalue weighted by molar-refractivity contribution is 5.47. The molecule has 3 heterocycles. The number of hydrogen-bond acceptors (Lipinski definition) is 4. The van der Waals surface area contributed by atoms with E-state index in [1.165, 1.54) is 12.3 Å². The van der Waals surface area contributed by atoms with E-state index in [1.807, 2.05) is 18.2 Å². The molecule has 0 aromatic carbocycles. The molecule has 2 aromatic heterocycles. The maximum absolute atomic E-state index is 13.0. The summed E-state index contributed by atoms with van der Waals surface area (Å²) in [5.41, 5.74) is -0.716. The van der Waals surface area contributed by atoms with Crippen LogP contribution < -0.4 is 10.2 Å². The Kier molecular flexibility index (Phi) is 4.36. The second-order valence-corrected chi connectivity index (χ2v) is 5.49. The summed E-state index contributed by atoms with van der Waals surface area (Å²) in [4.78, 5) is 10.3. The van der Waals surface area contributed by atoms with E-state index < -0.39 is 11.7 Å². The van der Waals surface area contributed by atoms with Crippen molar-refractivity contribution in [1.82, 2.24) is 9.97 Å². The zero-order valence-electron chi connectivity index (χ0n) is 12.4. The Balaban J connectivity index is 1.64. The minimum Gasteiger partial charge on any atom is -0.367 e. The van der Waals surface area contributed by atoms with Crippen LogP contribution in [-0.2, 0) is 6.18 Å². The highest BCUT2D eigenvalue weighted by Gasteiger charge is 2.34. The summed E-state index contributed by atoms with van der Waals surface area (Å²) in [6, 6.07) is 8.06. The Morgan fingerprint density at radius 1 is 1.00 bits per heavy atom. The Morgan fingerprint density at radius 3 is 2.39 bits per heavy atom. The second-order valence-electron chi connectivity index (χ2n) is 5.49. The Labute approximate surface area is 132 Å². The first-order valence-corrected chi connectivity index (χ1v) is 7.49. The second kappa shape index (κ2) is 6.44. The van der Waals surface area contributed by atoms with Crippen LogP contribution in [0.2, 0.25) is 0 Å². The lowest BCUT2D eigenvalue weighted by Crippen LogP contribution is -2.39. The molecule has 0 saturated carbocycles. The molecule has 122 valence electrons. The molecule has 1 aliphatic rings. The van der Waals surface area contributed by atoms with Crippen molar-refractivity contribution in [2.75, 3.05) is 23.3 Å². The first-order valence-electron chi connectivity index (χ1n) is 7.49. The fraction of sp³-hybridized carbons (Fsp3) is 0.375. The van der Waals surface area contributed by atoms with Gasteiger partial charge in [0.25, 0.3) is 0 Å². The van der Waals surface area contributed by atoms with Gasteiger partial charge < -0.3 is 10.2 Å². The molecular formula is C16H17F3N4. The van der Waals surface area contributed by atoms with Gasteiger partial charge in [-0.25, -0.2) is 9.97 Å². The zero-order valence-corrected chi connectivity index (χ0v) is 12.4. The van der Waals surface area contributed by atoms with E-state index in [2.05, 4.69) is 20.2 Å². The monoisotopic (exact) mass is 322 g/mol. The normalized spacial score (nSPS) is 16.4. The molecule has 1 fully saturated rings. The third-order valence-corrected chi connectivity index (χ3v) is 3.92. The van der Waals surface area contributed by atoms with Crippen molar-refractivity contribution in [3.8, 4) is 0 Å². The van der Waals surface area contributed by atoms with Crippen molar-refractivity contribution < 1.29 is 13.2 Å². The molecule has 0 unspecified atom stereocenters. The minimum atomic E-state index is -4.40. The van der Waals surface area contributed by atoms with Crippen molar-refractivity contribution >= 4 is 11.6 Å². The van der Waals surface area contributed by atoms with Gasteiger partial charge in [0.05, 0.1) is 5.56 Å². The van der Waals surface area contributed by atoms with E-state index in [0.717, 1.165) is 37.8 Å². The minimum absolute atomic E-state index is 0.0223. The average Bonchev–Trinajstić information content (AvgIpc) is 2.56. The molecular weight excluding hydrogens is 305 g/mol. The molecule has 2 aromatic rings. The summed E-state index contributed by atoms with van der Waals surface area (Å²) in [5, 5.41) is 2.95. The Bertz CT molecular complexity index is 637. The lowest BCUT2D eigenvalue weighted by atomic mass is 10.0. The van der Waals surface area contributed by atoms with Crippen LogP contribution in [0.25, 0.3) is 0 Å². The van der Waals surface area contributed by atoms with E-state index in [0.29, 0.717) is 0 Å². The molecule has 1 aliphatic heterocycles. The molecule has 1 saturated heterocycles. The highest BCUT2D eigenvalue weighted by atomic mass is 19.4. The van der Waals surface area contributed by atoms with Gasteiger partial charge >= 0.3 is 6.18 Å². The fourth-order valence-electron chi connectivity index (χ4n) is 2.74. The zero-order chi connectivity index (χ0) is 16.3. The molecule has 23 heavy (non-hydrogen) atoms. The van der Waals surface area contributed by atoms with Crippen molar-refractivity contribution in [2.45, 2.75) is 25.1 Å². The lowest BCUT2D eigenvalue weighted by Gasteiger charge is -2.33. The van der Waals surface area contributed by atoms with Crippen molar-refractivity contribution in [3.63, 3.8) is 0 Å². The van der Waals surface area contributed by atoms with E-state index >= 15 is 0 Å². The van der Waals surface area contributed by atoms with Crippen LogP contribution in [0.1, 0.15) is 18.4 Å². The summed E-state index contributed by atoms with van der Waals surface area (Å²) in [6.45, 7) is 1.51. The van der Waals surface area contributed by atoms with Gasteiger partial charge in [-0.15, -0.1) is 0 Å².